The first-order chi connectivity index (χ1) is 8.19. The average molecular weight is 315 g/mol. The van der Waals surface area contributed by atoms with Gasteiger partial charge in [-0.2, -0.15) is 0 Å². The highest BCUT2D eigenvalue weighted by Crippen LogP contribution is 2.28. The first kappa shape index (κ1) is 12.8. The Morgan fingerprint density at radius 1 is 1.53 bits per heavy atom. The molecule has 0 aromatic heterocycles. The summed E-state index contributed by atoms with van der Waals surface area (Å²) < 4.78 is 6.14. The van der Waals surface area contributed by atoms with E-state index in [1.807, 2.05) is 18.2 Å². The van der Waals surface area contributed by atoms with Gasteiger partial charge in [-0.25, -0.2) is 0 Å². The van der Waals surface area contributed by atoms with Gasteiger partial charge in [0.2, 0.25) is 0 Å². The second-order valence-corrected chi connectivity index (χ2v) is 5.90. The number of benzene rings is 1. The van der Waals surface area contributed by atoms with E-state index in [4.69, 9.17) is 4.74 Å². The summed E-state index contributed by atoms with van der Waals surface area (Å²) in [7, 11) is 1.66. The van der Waals surface area contributed by atoms with Gasteiger partial charge in [0.1, 0.15) is 5.75 Å². The molecule has 2 rings (SSSR count). The minimum Gasteiger partial charge on any atom is -0.496 e. The molecule has 1 aliphatic heterocycles. The van der Waals surface area contributed by atoms with Gasteiger partial charge in [0.05, 0.1) is 11.6 Å². The summed E-state index contributed by atoms with van der Waals surface area (Å²) in [5.74, 6) is 2.64. The molecule has 0 saturated heterocycles. The van der Waals surface area contributed by atoms with E-state index in [9.17, 15) is 0 Å². The van der Waals surface area contributed by atoms with Crippen molar-refractivity contribution in [2.24, 2.45) is 10.9 Å². The van der Waals surface area contributed by atoms with Crippen LogP contribution >= 0.6 is 27.7 Å². The van der Waals surface area contributed by atoms with E-state index in [1.54, 1.807) is 18.9 Å². The second-order valence-electron chi connectivity index (χ2n) is 4.04. The molecule has 1 aromatic carbocycles. The van der Waals surface area contributed by atoms with Crippen LogP contribution in [0.1, 0.15) is 6.92 Å². The summed E-state index contributed by atoms with van der Waals surface area (Å²) >= 11 is 5.24. The maximum absolute atomic E-state index is 5.19. The molecule has 1 atom stereocenters. The van der Waals surface area contributed by atoms with Crippen molar-refractivity contribution in [2.75, 3.05) is 24.7 Å². The number of ether oxygens (including phenoxy) is 1. The SMILES string of the molecule is COc1ccc(NC2=NCC(C)CS2)cc1Br. The molecule has 3 nitrogen and oxygen atoms in total. The van der Waals surface area contributed by atoms with Crippen molar-refractivity contribution in [1.82, 2.24) is 0 Å². The van der Waals surface area contributed by atoms with Gasteiger partial charge in [-0.1, -0.05) is 18.7 Å². The molecule has 0 fully saturated rings. The van der Waals surface area contributed by atoms with Crippen LogP contribution in [0, 0.1) is 5.92 Å². The van der Waals surface area contributed by atoms with Crippen LogP contribution in [-0.2, 0) is 0 Å². The molecular formula is C12H15BrN2OS. The van der Waals surface area contributed by atoms with Gasteiger partial charge in [0, 0.05) is 18.0 Å². The van der Waals surface area contributed by atoms with Gasteiger partial charge in [-0.3, -0.25) is 4.99 Å². The van der Waals surface area contributed by atoms with Crippen LogP contribution in [0.25, 0.3) is 0 Å². The highest BCUT2D eigenvalue weighted by atomic mass is 79.9. The molecule has 0 amide bonds. The molecule has 1 N–H and O–H groups in total. The summed E-state index contributed by atoms with van der Waals surface area (Å²) in [5.41, 5.74) is 1.03. The van der Waals surface area contributed by atoms with Gasteiger partial charge >= 0.3 is 0 Å². The number of halogens is 1. The van der Waals surface area contributed by atoms with Crippen molar-refractivity contribution in [1.29, 1.82) is 0 Å². The number of amidine groups is 1. The zero-order valence-electron chi connectivity index (χ0n) is 9.87. The molecule has 0 bridgehead atoms. The number of anilines is 1. The normalized spacial score (nSPS) is 19.7. The number of nitrogens with one attached hydrogen (secondary N) is 1. The minimum absolute atomic E-state index is 0.674. The molecule has 0 radical (unpaired) electrons. The third kappa shape index (κ3) is 3.39. The highest BCUT2D eigenvalue weighted by Gasteiger charge is 2.12. The predicted molar refractivity (Wildman–Crippen MR) is 78.2 cm³/mol. The Labute approximate surface area is 114 Å². The molecular weight excluding hydrogens is 300 g/mol. The van der Waals surface area contributed by atoms with Crippen LogP contribution in [0.15, 0.2) is 27.7 Å². The van der Waals surface area contributed by atoms with Gasteiger partial charge in [0.25, 0.3) is 0 Å². The Kier molecular flexibility index (Phi) is 4.34. The average Bonchev–Trinajstić information content (AvgIpc) is 2.32. The Morgan fingerprint density at radius 2 is 2.35 bits per heavy atom. The van der Waals surface area contributed by atoms with E-state index in [2.05, 4.69) is 33.2 Å². The molecule has 0 saturated carbocycles. The summed E-state index contributed by atoms with van der Waals surface area (Å²) in [6.45, 7) is 3.13. The Bertz CT molecular complexity index is 437. The lowest BCUT2D eigenvalue weighted by molar-refractivity contribution is 0.412. The zero-order valence-corrected chi connectivity index (χ0v) is 12.3. The van der Waals surface area contributed by atoms with Crippen molar-refractivity contribution in [3.63, 3.8) is 0 Å². The fourth-order valence-electron chi connectivity index (χ4n) is 1.50. The van der Waals surface area contributed by atoms with Crippen molar-refractivity contribution in [3.8, 4) is 5.75 Å². The van der Waals surface area contributed by atoms with E-state index in [0.29, 0.717) is 5.92 Å². The van der Waals surface area contributed by atoms with Crippen LogP contribution in [0.2, 0.25) is 0 Å². The van der Waals surface area contributed by atoms with Crippen LogP contribution < -0.4 is 10.1 Å². The van der Waals surface area contributed by atoms with E-state index < -0.39 is 0 Å². The Morgan fingerprint density at radius 3 is 2.94 bits per heavy atom. The van der Waals surface area contributed by atoms with E-state index >= 15 is 0 Å². The quantitative estimate of drug-likeness (QED) is 0.905. The smallest absolute Gasteiger partial charge is 0.161 e. The van der Waals surface area contributed by atoms with Crippen LogP contribution in [0.4, 0.5) is 5.69 Å². The molecule has 5 heteroatoms. The van der Waals surface area contributed by atoms with Gasteiger partial charge in [-0.05, 0) is 40.0 Å². The van der Waals surface area contributed by atoms with Gasteiger partial charge in [0.15, 0.2) is 5.17 Å². The largest absolute Gasteiger partial charge is 0.496 e. The van der Waals surface area contributed by atoms with Crippen LogP contribution in [0.3, 0.4) is 0 Å². The molecule has 1 aliphatic rings. The maximum Gasteiger partial charge on any atom is 0.161 e. The summed E-state index contributed by atoms with van der Waals surface area (Å²) in [6, 6.07) is 5.92. The van der Waals surface area contributed by atoms with E-state index in [1.165, 1.54) is 0 Å². The highest BCUT2D eigenvalue weighted by molar-refractivity contribution is 9.10. The number of aliphatic imine (C=N–C) groups is 1. The van der Waals surface area contributed by atoms with Crippen molar-refractivity contribution >= 4 is 38.5 Å². The number of methoxy groups -OCH3 is 1. The summed E-state index contributed by atoms with van der Waals surface area (Å²) in [4.78, 5) is 4.50. The fraction of sp³-hybridized carbons (Fsp3) is 0.417. The lowest BCUT2D eigenvalue weighted by Crippen LogP contribution is -2.18. The molecule has 0 spiro atoms. The molecule has 17 heavy (non-hydrogen) atoms. The van der Waals surface area contributed by atoms with Crippen molar-refractivity contribution in [3.05, 3.63) is 22.7 Å². The van der Waals surface area contributed by atoms with Crippen LogP contribution in [0.5, 0.6) is 5.75 Å². The third-order valence-corrected chi connectivity index (χ3v) is 4.31. The second kappa shape index (κ2) is 5.78. The minimum atomic E-state index is 0.674. The lowest BCUT2D eigenvalue weighted by Gasteiger charge is -2.18. The molecule has 92 valence electrons. The summed E-state index contributed by atoms with van der Waals surface area (Å²) in [6.07, 6.45) is 0. The Hall–Kier alpha value is -0.680. The van der Waals surface area contributed by atoms with Gasteiger partial charge < -0.3 is 10.1 Å². The molecule has 0 aliphatic carbocycles. The molecule has 1 aromatic rings. The topological polar surface area (TPSA) is 33.6 Å². The predicted octanol–water partition coefficient (Wildman–Crippen LogP) is 3.61. The molecule has 1 heterocycles. The van der Waals surface area contributed by atoms with Crippen LogP contribution in [-0.4, -0.2) is 24.6 Å². The van der Waals surface area contributed by atoms with E-state index in [0.717, 1.165) is 33.4 Å². The maximum atomic E-state index is 5.19. The lowest BCUT2D eigenvalue weighted by atomic mass is 10.2. The van der Waals surface area contributed by atoms with E-state index in [-0.39, 0.29) is 0 Å². The number of hydrogen-bond donors (Lipinski definition) is 1. The first-order valence-electron chi connectivity index (χ1n) is 5.47. The van der Waals surface area contributed by atoms with Crippen molar-refractivity contribution in [2.45, 2.75) is 6.92 Å². The number of rotatable bonds is 2. The monoisotopic (exact) mass is 314 g/mol. The summed E-state index contributed by atoms with van der Waals surface area (Å²) in [5, 5.41) is 4.32. The number of thioether (sulfide) groups is 1. The first-order valence-corrected chi connectivity index (χ1v) is 7.24. The van der Waals surface area contributed by atoms with Crippen molar-refractivity contribution < 1.29 is 4.74 Å². The standard InChI is InChI=1S/C12H15BrN2OS/c1-8-6-14-12(17-7-8)15-9-3-4-11(16-2)10(13)5-9/h3-5,8H,6-7H2,1-2H3,(H,14,15). The molecule has 1 unspecified atom stereocenters. The third-order valence-electron chi connectivity index (χ3n) is 2.45. The number of hydrogen-bond acceptors (Lipinski definition) is 4. The number of nitrogens with zero attached hydrogens (tertiary/aromatic N) is 1. The van der Waals surface area contributed by atoms with Gasteiger partial charge in [-0.15, -0.1) is 0 Å². The Balaban J connectivity index is 2.06. The zero-order chi connectivity index (χ0) is 12.3. The fourth-order valence-corrected chi connectivity index (χ4v) is 2.95.